The molecule has 2 heterocycles. The number of anilines is 1. The number of nitrogens with zero attached hydrogens (tertiary/aromatic N) is 4. The van der Waals surface area contributed by atoms with Gasteiger partial charge in [0.15, 0.2) is 0 Å². The maximum Gasteiger partial charge on any atom is 0.408 e. The lowest BCUT2D eigenvalue weighted by Gasteiger charge is -2.23. The molecule has 3 N–H and O–H groups in total. The Labute approximate surface area is 346 Å². The average molecular weight is 833 g/mol. The first-order chi connectivity index (χ1) is 27.0. The normalized spacial score (nSPS) is 11.8. The first-order valence-electron chi connectivity index (χ1n) is 18.0. The van der Waals surface area contributed by atoms with Gasteiger partial charge in [0.1, 0.15) is 58.1 Å². The number of carbonyl (C=O) groups excluding carboxylic acids is 3. The molecule has 0 aliphatic carbocycles. The first-order valence-corrected chi connectivity index (χ1v) is 20.3. The van der Waals surface area contributed by atoms with Gasteiger partial charge >= 0.3 is 18.0 Å². The van der Waals surface area contributed by atoms with Crippen LogP contribution in [-0.4, -0.2) is 58.5 Å². The number of benzene rings is 2. The van der Waals surface area contributed by atoms with Crippen LogP contribution in [0.15, 0.2) is 58.9 Å². The lowest BCUT2D eigenvalue weighted by atomic mass is 10.00. The van der Waals surface area contributed by atoms with Gasteiger partial charge in [0, 0.05) is 33.7 Å². The van der Waals surface area contributed by atoms with Gasteiger partial charge in [-0.1, -0.05) is 54.0 Å². The zero-order valence-electron chi connectivity index (χ0n) is 32.6. The molecular formula is C41H45ClN6O7S2. The molecule has 300 valence electrons. The van der Waals surface area contributed by atoms with Crippen LogP contribution in [0.25, 0.3) is 26.5 Å². The van der Waals surface area contributed by atoms with Gasteiger partial charge in [0.25, 0.3) is 0 Å². The summed E-state index contributed by atoms with van der Waals surface area (Å²) in [6.45, 7) is 18.2. The van der Waals surface area contributed by atoms with Crippen molar-refractivity contribution in [3.8, 4) is 33.5 Å². The number of rotatable bonds is 16. The number of pyridine rings is 1. The van der Waals surface area contributed by atoms with Crippen LogP contribution in [0.2, 0.25) is 5.02 Å². The number of thioether (sulfide) groups is 1. The molecule has 1 atom stereocenters. The molecule has 4 aromatic rings. The van der Waals surface area contributed by atoms with E-state index in [2.05, 4.69) is 21.2 Å². The lowest BCUT2D eigenvalue weighted by molar-refractivity contribution is -0.154. The summed E-state index contributed by atoms with van der Waals surface area (Å²) < 4.78 is 21.9. The molecule has 0 bridgehead atoms. The summed E-state index contributed by atoms with van der Waals surface area (Å²) in [5, 5.41) is 16.6. The van der Waals surface area contributed by atoms with E-state index in [9.17, 15) is 19.6 Å². The quantitative estimate of drug-likeness (QED) is 0.0359. The summed E-state index contributed by atoms with van der Waals surface area (Å²) >= 11 is 8.82. The van der Waals surface area contributed by atoms with E-state index < -0.39 is 29.3 Å². The Hall–Kier alpha value is -5.35. The fraction of sp³-hybridized carbons (Fsp3) is 0.390. The number of halogens is 1. The molecule has 0 saturated heterocycles. The molecule has 2 aromatic heterocycles. The molecule has 4 rings (SSSR count). The number of nitriles is 1. The molecule has 0 saturated carbocycles. The highest BCUT2D eigenvalue weighted by Gasteiger charge is 2.26. The van der Waals surface area contributed by atoms with Crippen molar-refractivity contribution in [3.63, 3.8) is 0 Å². The van der Waals surface area contributed by atoms with E-state index >= 15 is 0 Å². The van der Waals surface area contributed by atoms with Crippen LogP contribution in [0.5, 0.6) is 5.75 Å². The number of unbranched alkanes of at least 4 members (excludes halogenated alkanes) is 1. The third-order valence-corrected chi connectivity index (χ3v) is 9.85. The molecule has 1 amide bonds. The van der Waals surface area contributed by atoms with Crippen LogP contribution in [0.4, 0.5) is 16.3 Å². The zero-order valence-corrected chi connectivity index (χ0v) is 35.0. The van der Waals surface area contributed by atoms with Crippen molar-refractivity contribution >= 4 is 64.2 Å². The highest BCUT2D eigenvalue weighted by molar-refractivity contribution is 7.98. The molecule has 2 aromatic carbocycles. The fourth-order valence-electron chi connectivity index (χ4n) is 5.24. The van der Waals surface area contributed by atoms with Crippen LogP contribution >= 0.6 is 34.7 Å². The van der Waals surface area contributed by atoms with Gasteiger partial charge in [-0.15, -0.1) is 11.3 Å². The lowest BCUT2D eigenvalue weighted by Crippen LogP contribution is -2.44. The third kappa shape index (κ3) is 14.0. The number of alkyl carbamates (subject to hydrolysis) is 1. The van der Waals surface area contributed by atoms with E-state index in [4.69, 9.17) is 47.8 Å². The molecule has 0 unspecified atom stereocenters. The summed E-state index contributed by atoms with van der Waals surface area (Å²) in [6, 6.07) is 15.4. The van der Waals surface area contributed by atoms with Crippen molar-refractivity contribution in [2.24, 2.45) is 0 Å². The predicted molar refractivity (Wildman–Crippen MR) is 221 cm³/mol. The van der Waals surface area contributed by atoms with Gasteiger partial charge in [-0.25, -0.2) is 24.4 Å². The molecule has 13 nitrogen and oxygen atoms in total. The van der Waals surface area contributed by atoms with E-state index in [0.717, 1.165) is 16.3 Å². The Balaban J connectivity index is 1.37. The number of ether oxygens (including phenoxy) is 4. The van der Waals surface area contributed by atoms with Gasteiger partial charge in [-0.3, -0.25) is 4.79 Å². The smallest absolute Gasteiger partial charge is 0.408 e. The van der Waals surface area contributed by atoms with Crippen molar-refractivity contribution in [3.05, 3.63) is 81.6 Å². The number of hydrogen-bond acceptors (Lipinski definition) is 13. The third-order valence-electron chi connectivity index (χ3n) is 7.65. The molecule has 0 fully saturated rings. The van der Waals surface area contributed by atoms with Gasteiger partial charge in [0.05, 0.1) is 17.8 Å². The topological polar surface area (TPSA) is 180 Å². The van der Waals surface area contributed by atoms with E-state index in [-0.39, 0.29) is 49.1 Å². The molecular weight excluding hydrogens is 788 g/mol. The monoisotopic (exact) mass is 832 g/mol. The SMILES string of the molecule is [C-]#[N+]c1c(N)nc(SCc2csc(-c3ccc(Cl)cc3)n2)c(C#N)c1-c1ccc(OCCOC(=O)[C@H](CCCCC(=O)OC(C)(C)C)NC(=O)OC(C)(C)C)cc1. The number of esters is 2. The predicted octanol–water partition coefficient (Wildman–Crippen LogP) is 9.54. The van der Waals surface area contributed by atoms with Gasteiger partial charge in [-0.2, -0.15) is 5.26 Å². The number of amides is 1. The van der Waals surface area contributed by atoms with Crippen molar-refractivity contribution in [2.45, 2.75) is 95.2 Å². The maximum absolute atomic E-state index is 13.0. The molecule has 0 radical (unpaired) electrons. The minimum Gasteiger partial charge on any atom is -0.490 e. The number of aromatic nitrogens is 2. The van der Waals surface area contributed by atoms with Crippen LogP contribution in [-0.2, 0) is 29.6 Å². The van der Waals surface area contributed by atoms with E-state index in [1.54, 1.807) is 65.8 Å². The first kappa shape index (κ1) is 44.4. The maximum atomic E-state index is 13.0. The fourth-order valence-corrected chi connectivity index (χ4v) is 7.19. The van der Waals surface area contributed by atoms with Crippen LogP contribution < -0.4 is 15.8 Å². The Morgan fingerprint density at radius 1 is 0.982 bits per heavy atom. The Bertz CT molecular complexity index is 2120. The summed E-state index contributed by atoms with van der Waals surface area (Å²) in [4.78, 5) is 50.3. The number of hydrogen-bond donors (Lipinski definition) is 2. The standard InChI is InChI=1S/C41H45ClN6O7S2/c1-40(2,3)54-32(49)11-9-8-10-31(47-39(51)55-41(4,5)6)38(50)53-21-20-52-29-18-14-25(15-19-29)33-30(22-43)37(48-35(44)34(33)45-7)57-24-28-23-56-36(46-28)26-12-16-27(42)17-13-26/h12-19,23,31H,8-11,20-21,24H2,1-6H3,(H2,44,48)(H,47,51)/t31-/m0/s1. The second-order valence-electron chi connectivity index (χ2n) is 14.6. The highest BCUT2D eigenvalue weighted by Crippen LogP contribution is 2.42. The van der Waals surface area contributed by atoms with Gasteiger partial charge in [0.2, 0.25) is 5.69 Å². The Morgan fingerprint density at radius 2 is 1.65 bits per heavy atom. The Morgan fingerprint density at radius 3 is 2.28 bits per heavy atom. The van der Waals surface area contributed by atoms with Crippen molar-refractivity contribution in [1.82, 2.24) is 15.3 Å². The largest absolute Gasteiger partial charge is 0.490 e. The molecule has 0 aliphatic heterocycles. The second-order valence-corrected chi connectivity index (χ2v) is 16.9. The number of nitrogen functional groups attached to an aromatic ring is 1. The van der Waals surface area contributed by atoms with E-state index in [1.165, 1.54) is 23.1 Å². The molecule has 57 heavy (non-hydrogen) atoms. The summed E-state index contributed by atoms with van der Waals surface area (Å²) in [7, 11) is 0. The molecule has 0 aliphatic rings. The van der Waals surface area contributed by atoms with E-state index in [0.29, 0.717) is 45.5 Å². The Kier molecular flexibility index (Phi) is 15.7. The summed E-state index contributed by atoms with van der Waals surface area (Å²) in [5.74, 6) is -0.143. The molecule has 16 heteroatoms. The number of carbonyl (C=O) groups is 3. The summed E-state index contributed by atoms with van der Waals surface area (Å²) in [6.07, 6.45) is 0.521. The summed E-state index contributed by atoms with van der Waals surface area (Å²) in [5.41, 5.74) is 7.82. The van der Waals surface area contributed by atoms with Crippen molar-refractivity contribution in [1.29, 1.82) is 5.26 Å². The average Bonchev–Trinajstić information content (AvgIpc) is 3.61. The van der Waals surface area contributed by atoms with E-state index in [1.807, 2.05) is 29.6 Å². The second kappa shape index (κ2) is 20.2. The van der Waals surface area contributed by atoms with Crippen molar-refractivity contribution < 1.29 is 33.3 Å². The van der Waals surface area contributed by atoms with Crippen LogP contribution in [0, 0.1) is 17.9 Å². The number of nitrogens with two attached hydrogens (primary N) is 1. The van der Waals surface area contributed by atoms with Gasteiger partial charge < -0.3 is 30.0 Å². The minimum atomic E-state index is -1.01. The van der Waals surface area contributed by atoms with Gasteiger partial charge in [-0.05, 0) is 84.2 Å². The number of nitrogens with one attached hydrogen (secondary N) is 1. The number of thiazole rings is 1. The molecule has 0 spiro atoms. The van der Waals surface area contributed by atoms with Crippen LogP contribution in [0.3, 0.4) is 0 Å². The minimum absolute atomic E-state index is 0.00101. The van der Waals surface area contributed by atoms with Crippen LogP contribution in [0.1, 0.15) is 78.5 Å². The van der Waals surface area contributed by atoms with Crippen molar-refractivity contribution in [2.75, 3.05) is 18.9 Å². The highest BCUT2D eigenvalue weighted by atomic mass is 35.5. The zero-order chi connectivity index (χ0) is 41.8.